The number of methoxy groups -OCH3 is 2. The summed E-state index contributed by atoms with van der Waals surface area (Å²) in [6, 6.07) is 7.46. The Morgan fingerprint density at radius 3 is 2.52 bits per heavy atom. The minimum atomic E-state index is 0.0456. The number of benzene rings is 1. The maximum atomic E-state index is 12.3. The van der Waals surface area contributed by atoms with Gasteiger partial charge in [-0.1, -0.05) is 6.07 Å². The molecule has 1 fully saturated rings. The molecule has 1 amide bonds. The van der Waals surface area contributed by atoms with Gasteiger partial charge < -0.3 is 24.6 Å². The number of rotatable bonds is 7. The molecule has 2 heterocycles. The van der Waals surface area contributed by atoms with Crippen LogP contribution in [0.5, 0.6) is 11.5 Å². The highest BCUT2D eigenvalue weighted by Gasteiger charge is 2.23. The lowest BCUT2D eigenvalue weighted by Crippen LogP contribution is -3.16. The van der Waals surface area contributed by atoms with E-state index in [9.17, 15) is 4.79 Å². The number of quaternary nitrogens is 1. The molecule has 0 radical (unpaired) electrons. The summed E-state index contributed by atoms with van der Waals surface area (Å²) in [5.41, 5.74) is 0.974. The van der Waals surface area contributed by atoms with Crippen molar-refractivity contribution in [3.63, 3.8) is 0 Å². The highest BCUT2D eigenvalue weighted by Crippen LogP contribution is 2.27. The van der Waals surface area contributed by atoms with Gasteiger partial charge in [0.25, 0.3) is 5.91 Å². The van der Waals surface area contributed by atoms with Crippen LogP contribution in [0, 0.1) is 0 Å². The van der Waals surface area contributed by atoms with Crippen molar-refractivity contribution in [2.24, 2.45) is 0 Å². The Hall–Kier alpha value is -2.87. The topological polar surface area (TPSA) is 81.0 Å². The van der Waals surface area contributed by atoms with Gasteiger partial charge in [-0.05, 0) is 23.8 Å². The highest BCUT2D eigenvalue weighted by atomic mass is 16.5. The summed E-state index contributed by atoms with van der Waals surface area (Å²) in [6.45, 7) is 4.42. The van der Waals surface area contributed by atoms with Crippen LogP contribution < -0.4 is 24.6 Å². The van der Waals surface area contributed by atoms with E-state index < -0.39 is 0 Å². The molecule has 27 heavy (non-hydrogen) atoms. The summed E-state index contributed by atoms with van der Waals surface area (Å²) >= 11 is 0. The van der Waals surface area contributed by atoms with Gasteiger partial charge in [0.1, 0.15) is 0 Å². The van der Waals surface area contributed by atoms with E-state index in [0.29, 0.717) is 24.6 Å². The van der Waals surface area contributed by atoms with E-state index in [0.717, 1.165) is 37.7 Å². The molecule has 8 heteroatoms. The SMILES string of the molecule is COc1ccc(CNC(=O)C[NH+]2CCN(c3ncccn3)CC2)cc1OC. The van der Waals surface area contributed by atoms with Crippen LogP contribution in [0.2, 0.25) is 0 Å². The first-order chi connectivity index (χ1) is 13.2. The fraction of sp³-hybridized carbons (Fsp3) is 0.421. The first-order valence-corrected chi connectivity index (χ1v) is 9.02. The lowest BCUT2D eigenvalue weighted by Gasteiger charge is -2.31. The summed E-state index contributed by atoms with van der Waals surface area (Å²) in [5.74, 6) is 2.14. The molecule has 0 aliphatic carbocycles. The van der Waals surface area contributed by atoms with Crippen molar-refractivity contribution in [3.8, 4) is 11.5 Å². The molecule has 1 aromatic heterocycles. The second-order valence-corrected chi connectivity index (χ2v) is 6.43. The average molecular weight is 372 g/mol. The second kappa shape index (κ2) is 9.18. The van der Waals surface area contributed by atoms with Crippen molar-refractivity contribution in [1.29, 1.82) is 0 Å². The molecule has 1 saturated heterocycles. The number of carbonyl (C=O) groups excluding carboxylic acids is 1. The number of nitrogens with zero attached hydrogens (tertiary/aromatic N) is 3. The molecule has 0 bridgehead atoms. The number of anilines is 1. The largest absolute Gasteiger partial charge is 0.493 e. The second-order valence-electron chi connectivity index (χ2n) is 6.43. The fourth-order valence-corrected chi connectivity index (χ4v) is 3.14. The summed E-state index contributed by atoms with van der Waals surface area (Å²) in [6.07, 6.45) is 3.51. The first kappa shape index (κ1) is 18.9. The van der Waals surface area contributed by atoms with Gasteiger partial charge in [0, 0.05) is 18.9 Å². The molecule has 144 valence electrons. The van der Waals surface area contributed by atoms with Gasteiger partial charge in [-0.15, -0.1) is 0 Å². The Morgan fingerprint density at radius 2 is 1.85 bits per heavy atom. The van der Waals surface area contributed by atoms with Gasteiger partial charge in [-0.2, -0.15) is 0 Å². The van der Waals surface area contributed by atoms with Crippen LogP contribution in [-0.2, 0) is 11.3 Å². The third kappa shape index (κ3) is 5.07. The molecule has 0 spiro atoms. The van der Waals surface area contributed by atoms with Crippen molar-refractivity contribution in [2.75, 3.05) is 51.8 Å². The van der Waals surface area contributed by atoms with E-state index in [1.807, 2.05) is 24.3 Å². The highest BCUT2D eigenvalue weighted by molar-refractivity contribution is 5.76. The minimum Gasteiger partial charge on any atom is -0.493 e. The Kier molecular flexibility index (Phi) is 6.43. The molecule has 1 aromatic carbocycles. The Bertz CT molecular complexity index is 748. The standard InChI is InChI=1S/C19H25N5O3/c1-26-16-5-4-15(12-17(16)27-2)13-22-18(25)14-23-8-10-24(11-9-23)19-20-6-3-7-21-19/h3-7,12H,8-11,13-14H2,1-2H3,(H,22,25)/p+1. The molecule has 2 N–H and O–H groups in total. The predicted molar refractivity (Wildman–Crippen MR) is 101 cm³/mol. The molecular formula is C19H26N5O3+. The lowest BCUT2D eigenvalue weighted by molar-refractivity contribution is -0.892. The predicted octanol–water partition coefficient (Wildman–Crippen LogP) is -0.485. The van der Waals surface area contributed by atoms with E-state index in [1.54, 1.807) is 26.6 Å². The number of hydrogen-bond acceptors (Lipinski definition) is 6. The quantitative estimate of drug-likeness (QED) is 0.683. The molecular weight excluding hydrogens is 346 g/mol. The van der Waals surface area contributed by atoms with Gasteiger partial charge >= 0.3 is 0 Å². The number of piperazine rings is 1. The van der Waals surface area contributed by atoms with E-state index in [4.69, 9.17) is 9.47 Å². The molecule has 1 aliphatic heterocycles. The smallest absolute Gasteiger partial charge is 0.275 e. The average Bonchev–Trinajstić information content (AvgIpc) is 2.73. The van der Waals surface area contributed by atoms with Gasteiger partial charge in [0.2, 0.25) is 5.95 Å². The molecule has 2 aromatic rings. The van der Waals surface area contributed by atoms with Crippen LogP contribution in [0.15, 0.2) is 36.7 Å². The third-order valence-corrected chi connectivity index (χ3v) is 4.65. The summed E-state index contributed by atoms with van der Waals surface area (Å²) in [7, 11) is 3.20. The summed E-state index contributed by atoms with van der Waals surface area (Å²) < 4.78 is 10.5. The Labute approximate surface area is 159 Å². The number of hydrogen-bond donors (Lipinski definition) is 2. The molecule has 0 unspecified atom stereocenters. The first-order valence-electron chi connectivity index (χ1n) is 9.02. The summed E-state index contributed by atoms with van der Waals surface area (Å²) in [4.78, 5) is 24.3. The fourth-order valence-electron chi connectivity index (χ4n) is 3.14. The normalized spacial score (nSPS) is 14.7. The van der Waals surface area contributed by atoms with Crippen molar-refractivity contribution in [1.82, 2.24) is 15.3 Å². The van der Waals surface area contributed by atoms with Gasteiger partial charge in [-0.25, -0.2) is 9.97 Å². The van der Waals surface area contributed by atoms with Crippen LogP contribution in [-0.4, -0.2) is 62.8 Å². The van der Waals surface area contributed by atoms with Crippen LogP contribution in [0.4, 0.5) is 5.95 Å². The Morgan fingerprint density at radius 1 is 1.15 bits per heavy atom. The van der Waals surface area contributed by atoms with Crippen LogP contribution in [0.3, 0.4) is 0 Å². The molecule has 0 atom stereocenters. The maximum absolute atomic E-state index is 12.3. The monoisotopic (exact) mass is 372 g/mol. The van der Waals surface area contributed by atoms with Gasteiger partial charge in [0.15, 0.2) is 18.0 Å². The zero-order chi connectivity index (χ0) is 19.1. The van der Waals surface area contributed by atoms with Crippen LogP contribution in [0.25, 0.3) is 0 Å². The molecule has 1 aliphatic rings. The molecule has 0 saturated carbocycles. The number of nitrogens with one attached hydrogen (secondary N) is 2. The zero-order valence-corrected chi connectivity index (χ0v) is 15.8. The minimum absolute atomic E-state index is 0.0456. The molecule has 3 rings (SSSR count). The van der Waals surface area contributed by atoms with Crippen molar-refractivity contribution < 1.29 is 19.2 Å². The van der Waals surface area contributed by atoms with Gasteiger partial charge in [0.05, 0.1) is 40.4 Å². The van der Waals surface area contributed by atoms with Crippen molar-refractivity contribution in [2.45, 2.75) is 6.54 Å². The number of carbonyl (C=O) groups is 1. The van der Waals surface area contributed by atoms with Crippen molar-refractivity contribution >= 4 is 11.9 Å². The van der Waals surface area contributed by atoms with Crippen LogP contribution in [0.1, 0.15) is 5.56 Å². The number of ether oxygens (including phenoxy) is 2. The Balaban J connectivity index is 1.44. The molecule has 8 nitrogen and oxygen atoms in total. The summed E-state index contributed by atoms with van der Waals surface area (Å²) in [5, 5.41) is 2.98. The van der Waals surface area contributed by atoms with E-state index in [1.165, 1.54) is 4.90 Å². The lowest BCUT2D eigenvalue weighted by atomic mass is 10.2. The maximum Gasteiger partial charge on any atom is 0.275 e. The zero-order valence-electron chi connectivity index (χ0n) is 15.8. The van der Waals surface area contributed by atoms with E-state index in [-0.39, 0.29) is 5.91 Å². The van der Waals surface area contributed by atoms with Gasteiger partial charge in [-0.3, -0.25) is 4.79 Å². The van der Waals surface area contributed by atoms with E-state index >= 15 is 0 Å². The number of amides is 1. The number of aromatic nitrogens is 2. The van der Waals surface area contributed by atoms with Crippen molar-refractivity contribution in [3.05, 3.63) is 42.2 Å². The van der Waals surface area contributed by atoms with E-state index in [2.05, 4.69) is 20.2 Å². The third-order valence-electron chi connectivity index (χ3n) is 4.65. The van der Waals surface area contributed by atoms with Crippen LogP contribution >= 0.6 is 0 Å².